The number of rotatable bonds is 4. The lowest BCUT2D eigenvalue weighted by atomic mass is 10.1. The van der Waals surface area contributed by atoms with E-state index >= 15 is 0 Å². The Labute approximate surface area is 100 Å². The van der Waals surface area contributed by atoms with Crippen molar-refractivity contribution >= 4 is 16.9 Å². The van der Waals surface area contributed by atoms with E-state index in [1.807, 2.05) is 31.3 Å². The first-order valence-corrected chi connectivity index (χ1v) is 5.60. The lowest BCUT2D eigenvalue weighted by molar-refractivity contribution is 0.0798. The Hall–Kier alpha value is -1.81. The van der Waals surface area contributed by atoms with Crippen LogP contribution in [0.1, 0.15) is 10.4 Å². The van der Waals surface area contributed by atoms with Gasteiger partial charge in [0.2, 0.25) is 0 Å². The Balaban J connectivity index is 2.24. The van der Waals surface area contributed by atoms with Crippen molar-refractivity contribution in [2.24, 2.45) is 0 Å². The second-order valence-electron chi connectivity index (χ2n) is 3.98. The van der Waals surface area contributed by atoms with E-state index < -0.39 is 0 Å². The first-order chi connectivity index (χ1) is 8.24. The van der Waals surface area contributed by atoms with Gasteiger partial charge in [0.1, 0.15) is 11.8 Å². The highest BCUT2D eigenvalue weighted by Gasteiger charge is 2.16. The smallest absolute Gasteiger partial charge is 0.257 e. The minimum Gasteiger partial charge on any atom is -0.463 e. The zero-order valence-corrected chi connectivity index (χ0v) is 10.1. The molecule has 1 aromatic carbocycles. The molecule has 0 aliphatic carbocycles. The summed E-state index contributed by atoms with van der Waals surface area (Å²) in [5, 5.41) is 3.89. The van der Waals surface area contributed by atoms with Crippen LogP contribution in [0.5, 0.6) is 0 Å². The molecule has 2 aromatic rings. The van der Waals surface area contributed by atoms with E-state index in [4.69, 9.17) is 4.42 Å². The van der Waals surface area contributed by atoms with Crippen LogP contribution in [0.15, 0.2) is 34.9 Å². The summed E-state index contributed by atoms with van der Waals surface area (Å²) in [4.78, 5) is 13.9. The maximum absolute atomic E-state index is 12.2. The molecule has 0 saturated carbocycles. The van der Waals surface area contributed by atoms with Gasteiger partial charge in [-0.25, -0.2) is 0 Å². The zero-order chi connectivity index (χ0) is 12.3. The Morgan fingerprint density at radius 2 is 2.18 bits per heavy atom. The molecule has 90 valence electrons. The minimum atomic E-state index is -0.00907. The van der Waals surface area contributed by atoms with E-state index in [1.54, 1.807) is 11.9 Å². The molecule has 1 aromatic heterocycles. The Kier molecular flexibility index (Phi) is 3.44. The van der Waals surface area contributed by atoms with Crippen LogP contribution in [0.25, 0.3) is 11.0 Å². The van der Waals surface area contributed by atoms with E-state index in [0.717, 1.165) is 17.5 Å². The number of para-hydroxylation sites is 1. The molecule has 0 fully saturated rings. The van der Waals surface area contributed by atoms with Crippen LogP contribution in [-0.4, -0.2) is 38.0 Å². The monoisotopic (exact) mass is 232 g/mol. The van der Waals surface area contributed by atoms with Gasteiger partial charge in [0.15, 0.2) is 0 Å². The molecule has 4 heteroatoms. The van der Waals surface area contributed by atoms with Crippen molar-refractivity contribution in [3.05, 3.63) is 36.1 Å². The van der Waals surface area contributed by atoms with Gasteiger partial charge < -0.3 is 14.6 Å². The largest absolute Gasteiger partial charge is 0.463 e. The van der Waals surface area contributed by atoms with Gasteiger partial charge in [-0.15, -0.1) is 0 Å². The van der Waals surface area contributed by atoms with Crippen LogP contribution < -0.4 is 5.32 Å². The molecule has 0 bridgehead atoms. The second kappa shape index (κ2) is 5.01. The molecule has 0 unspecified atom stereocenters. The van der Waals surface area contributed by atoms with Gasteiger partial charge in [-0.3, -0.25) is 4.79 Å². The van der Waals surface area contributed by atoms with Crippen LogP contribution in [0.3, 0.4) is 0 Å². The van der Waals surface area contributed by atoms with E-state index in [0.29, 0.717) is 12.1 Å². The predicted octanol–water partition coefficient (Wildman–Crippen LogP) is 1.72. The third kappa shape index (κ3) is 2.31. The Morgan fingerprint density at radius 3 is 2.94 bits per heavy atom. The molecule has 0 atom stereocenters. The summed E-state index contributed by atoms with van der Waals surface area (Å²) >= 11 is 0. The molecule has 0 spiro atoms. The SMILES string of the molecule is CNCCN(C)C(=O)c1coc2ccccc12. The highest BCUT2D eigenvalue weighted by molar-refractivity contribution is 6.05. The van der Waals surface area contributed by atoms with Gasteiger partial charge >= 0.3 is 0 Å². The van der Waals surface area contributed by atoms with Gasteiger partial charge in [0.25, 0.3) is 5.91 Å². The van der Waals surface area contributed by atoms with Crippen molar-refractivity contribution in [2.75, 3.05) is 27.2 Å². The highest BCUT2D eigenvalue weighted by Crippen LogP contribution is 2.21. The fourth-order valence-electron chi connectivity index (χ4n) is 1.73. The third-order valence-corrected chi connectivity index (χ3v) is 2.76. The molecular formula is C13H16N2O2. The molecule has 0 radical (unpaired) electrons. The van der Waals surface area contributed by atoms with Crippen molar-refractivity contribution in [1.29, 1.82) is 0 Å². The Bertz CT molecular complexity index is 519. The molecule has 17 heavy (non-hydrogen) atoms. The van der Waals surface area contributed by atoms with E-state index in [2.05, 4.69) is 5.32 Å². The predicted molar refractivity (Wildman–Crippen MR) is 67.1 cm³/mol. The van der Waals surface area contributed by atoms with Gasteiger partial charge in [-0.1, -0.05) is 18.2 Å². The number of benzene rings is 1. The zero-order valence-electron chi connectivity index (χ0n) is 10.1. The standard InChI is InChI=1S/C13H16N2O2/c1-14-7-8-15(2)13(16)11-9-17-12-6-4-3-5-10(11)12/h3-6,9,14H,7-8H2,1-2H3. The quantitative estimate of drug-likeness (QED) is 0.873. The number of carbonyl (C=O) groups excluding carboxylic acids is 1. The number of hydrogen-bond donors (Lipinski definition) is 1. The van der Waals surface area contributed by atoms with Crippen molar-refractivity contribution in [2.45, 2.75) is 0 Å². The highest BCUT2D eigenvalue weighted by atomic mass is 16.3. The number of fused-ring (bicyclic) bond motifs is 1. The van der Waals surface area contributed by atoms with Crippen LogP contribution in [-0.2, 0) is 0 Å². The summed E-state index contributed by atoms with van der Waals surface area (Å²) in [5.41, 5.74) is 1.37. The number of furan rings is 1. The Morgan fingerprint density at radius 1 is 1.41 bits per heavy atom. The molecule has 1 N–H and O–H groups in total. The molecule has 4 nitrogen and oxygen atoms in total. The number of hydrogen-bond acceptors (Lipinski definition) is 3. The lowest BCUT2D eigenvalue weighted by Crippen LogP contribution is -2.32. The summed E-state index contributed by atoms with van der Waals surface area (Å²) in [7, 11) is 3.66. The van der Waals surface area contributed by atoms with Gasteiger partial charge in [0.05, 0.1) is 5.56 Å². The van der Waals surface area contributed by atoms with Crippen LogP contribution in [0.2, 0.25) is 0 Å². The fraction of sp³-hybridized carbons (Fsp3) is 0.308. The lowest BCUT2D eigenvalue weighted by Gasteiger charge is -2.15. The first-order valence-electron chi connectivity index (χ1n) is 5.60. The van der Waals surface area contributed by atoms with Gasteiger partial charge in [0, 0.05) is 25.5 Å². The number of nitrogens with one attached hydrogen (secondary N) is 1. The van der Waals surface area contributed by atoms with Crippen molar-refractivity contribution < 1.29 is 9.21 Å². The van der Waals surface area contributed by atoms with Crippen molar-refractivity contribution in [3.8, 4) is 0 Å². The minimum absolute atomic E-state index is 0.00907. The molecular weight excluding hydrogens is 216 g/mol. The van der Waals surface area contributed by atoms with Gasteiger partial charge in [-0.2, -0.15) is 0 Å². The third-order valence-electron chi connectivity index (χ3n) is 2.76. The maximum atomic E-state index is 12.2. The van der Waals surface area contributed by atoms with Crippen molar-refractivity contribution in [3.63, 3.8) is 0 Å². The van der Waals surface area contributed by atoms with Crippen LogP contribution in [0, 0.1) is 0 Å². The van der Waals surface area contributed by atoms with Crippen LogP contribution in [0.4, 0.5) is 0 Å². The second-order valence-corrected chi connectivity index (χ2v) is 3.98. The fourth-order valence-corrected chi connectivity index (χ4v) is 1.73. The number of likely N-dealkylation sites (N-methyl/N-ethyl adjacent to an activating group) is 2. The molecule has 2 rings (SSSR count). The number of amides is 1. The van der Waals surface area contributed by atoms with E-state index in [9.17, 15) is 4.79 Å². The average Bonchev–Trinajstić information content (AvgIpc) is 2.78. The molecule has 0 saturated heterocycles. The summed E-state index contributed by atoms with van der Waals surface area (Å²) in [6.45, 7) is 1.45. The molecule has 0 aliphatic rings. The summed E-state index contributed by atoms with van der Waals surface area (Å²) in [6, 6.07) is 7.56. The summed E-state index contributed by atoms with van der Waals surface area (Å²) < 4.78 is 5.36. The first kappa shape index (κ1) is 11.7. The molecule has 0 aliphatic heterocycles. The maximum Gasteiger partial charge on any atom is 0.257 e. The normalized spacial score (nSPS) is 10.7. The summed E-state index contributed by atoms with van der Waals surface area (Å²) in [6.07, 6.45) is 1.53. The van der Waals surface area contributed by atoms with Gasteiger partial charge in [-0.05, 0) is 13.1 Å². The number of carbonyl (C=O) groups is 1. The average molecular weight is 232 g/mol. The van der Waals surface area contributed by atoms with Crippen LogP contribution >= 0.6 is 0 Å². The van der Waals surface area contributed by atoms with E-state index in [-0.39, 0.29) is 5.91 Å². The number of nitrogens with zero attached hydrogens (tertiary/aromatic N) is 1. The topological polar surface area (TPSA) is 45.5 Å². The molecule has 1 amide bonds. The van der Waals surface area contributed by atoms with Crippen molar-refractivity contribution in [1.82, 2.24) is 10.2 Å². The van der Waals surface area contributed by atoms with E-state index in [1.165, 1.54) is 6.26 Å². The summed E-state index contributed by atoms with van der Waals surface area (Å²) in [5.74, 6) is -0.00907. The molecule has 1 heterocycles.